The van der Waals surface area contributed by atoms with Crippen molar-refractivity contribution in [3.8, 4) is 0 Å². The minimum absolute atomic E-state index is 0.0170. The van der Waals surface area contributed by atoms with Gasteiger partial charge in [-0.05, 0) is 41.5 Å². The molecule has 12 heteroatoms. The lowest BCUT2D eigenvalue weighted by Gasteiger charge is -2.13. The van der Waals surface area contributed by atoms with Gasteiger partial charge >= 0.3 is 0 Å². The maximum atomic E-state index is 8.73. The molecular weight excluding hydrogens is 468 g/mol. The summed E-state index contributed by atoms with van der Waals surface area (Å²) in [5.74, 6) is 0. The van der Waals surface area contributed by atoms with Crippen LogP contribution in [-0.4, -0.2) is 131 Å². The van der Waals surface area contributed by atoms with Crippen molar-refractivity contribution >= 4 is 0 Å². The van der Waals surface area contributed by atoms with E-state index in [0.29, 0.717) is 19.0 Å². The Morgan fingerprint density at radius 1 is 0.686 bits per heavy atom. The highest BCUT2D eigenvalue weighted by Gasteiger charge is 2.13. The summed E-state index contributed by atoms with van der Waals surface area (Å²) in [4.78, 5) is 0. The summed E-state index contributed by atoms with van der Waals surface area (Å²) < 4.78 is 38.0. The van der Waals surface area contributed by atoms with Crippen molar-refractivity contribution in [2.75, 3.05) is 74.2 Å². The molecule has 35 heavy (non-hydrogen) atoms. The molecule has 2 aliphatic heterocycles. The van der Waals surface area contributed by atoms with Crippen molar-refractivity contribution in [2.24, 2.45) is 0 Å². The summed E-state index contributed by atoms with van der Waals surface area (Å²) in [5.41, 5.74) is 0. The first-order chi connectivity index (χ1) is 16.5. The minimum atomic E-state index is -0.467. The Bertz CT molecular complexity index is 348. The number of aliphatic hydroxyl groups is 4. The molecule has 2 aliphatic rings. The van der Waals surface area contributed by atoms with Crippen LogP contribution in [0.2, 0.25) is 0 Å². The first-order valence-electron chi connectivity index (χ1n) is 11.7. The van der Waals surface area contributed by atoms with Crippen LogP contribution < -0.4 is 0 Å². The van der Waals surface area contributed by atoms with Crippen molar-refractivity contribution in [1.82, 2.24) is 0 Å². The first kappa shape index (κ1) is 39.0. The van der Waals surface area contributed by atoms with Crippen LogP contribution in [0.3, 0.4) is 0 Å². The fourth-order valence-corrected chi connectivity index (χ4v) is 1.18. The van der Waals surface area contributed by atoms with Crippen LogP contribution in [0.1, 0.15) is 41.5 Å². The van der Waals surface area contributed by atoms with Gasteiger partial charge in [-0.15, -0.1) is 0 Å². The van der Waals surface area contributed by atoms with E-state index in [1.54, 1.807) is 41.9 Å². The van der Waals surface area contributed by atoms with Gasteiger partial charge in [-0.3, -0.25) is 0 Å². The number of hydrogen-bond donors (Lipinski definition) is 4. The molecule has 0 aromatic heterocycles. The molecule has 0 aromatic carbocycles. The third-order valence-electron chi connectivity index (χ3n) is 3.34. The molecule has 2 fully saturated rings. The van der Waals surface area contributed by atoms with Crippen LogP contribution in [0.4, 0.5) is 0 Å². The lowest BCUT2D eigenvalue weighted by Crippen LogP contribution is -2.20. The number of rotatable bonds is 14. The molecule has 12 nitrogen and oxygen atoms in total. The number of epoxide rings is 2. The van der Waals surface area contributed by atoms with E-state index in [1.165, 1.54) is 0 Å². The maximum absolute atomic E-state index is 8.73. The molecule has 6 atom stereocenters. The maximum Gasteiger partial charge on any atom is 0.147 e. The van der Waals surface area contributed by atoms with Gasteiger partial charge in [0.2, 0.25) is 0 Å². The van der Waals surface area contributed by atoms with E-state index >= 15 is 0 Å². The van der Waals surface area contributed by atoms with Gasteiger partial charge in [0.1, 0.15) is 20.4 Å². The van der Waals surface area contributed by atoms with Crippen LogP contribution in [0, 0.1) is 0 Å². The summed E-state index contributed by atoms with van der Waals surface area (Å²) in [7, 11) is 3.17. The molecule has 2 saturated heterocycles. The summed E-state index contributed by atoms with van der Waals surface area (Å²) in [5, 5.41) is 34.5. The minimum Gasteiger partial charge on any atom is -0.394 e. The van der Waals surface area contributed by atoms with E-state index in [-0.39, 0.29) is 52.2 Å². The number of hydrogen-bond acceptors (Lipinski definition) is 12. The average molecular weight is 521 g/mol. The SMILES string of the molecule is CC(CO)OCOC(C)CO.CC(O)COCOCC(C)O.CC1CO1.CC1CO1.COCOC. The molecule has 6 unspecified atom stereocenters. The van der Waals surface area contributed by atoms with Crippen molar-refractivity contribution < 1.29 is 58.3 Å². The van der Waals surface area contributed by atoms with E-state index in [0.717, 1.165) is 13.2 Å². The Kier molecular flexibility index (Phi) is 33.2. The zero-order valence-electron chi connectivity index (χ0n) is 22.9. The van der Waals surface area contributed by atoms with Gasteiger partial charge in [0, 0.05) is 14.2 Å². The lowest BCUT2D eigenvalue weighted by atomic mass is 10.4. The summed E-state index contributed by atoms with van der Waals surface area (Å²) in [6.45, 7) is 14.0. The molecule has 0 saturated carbocycles. The van der Waals surface area contributed by atoms with Gasteiger partial charge in [-0.25, -0.2) is 0 Å². The van der Waals surface area contributed by atoms with Gasteiger partial charge in [0.05, 0.1) is 76.3 Å². The topological polar surface area (TPSA) is 161 Å². The summed E-state index contributed by atoms with van der Waals surface area (Å²) >= 11 is 0. The Labute approximate surface area is 211 Å². The van der Waals surface area contributed by atoms with E-state index in [2.05, 4.69) is 23.3 Å². The highest BCUT2D eigenvalue weighted by Crippen LogP contribution is 2.04. The molecular formula is C23H52O12. The Morgan fingerprint density at radius 2 is 1.00 bits per heavy atom. The van der Waals surface area contributed by atoms with Crippen LogP contribution in [0.25, 0.3) is 0 Å². The zero-order chi connectivity index (χ0) is 27.5. The molecule has 0 aromatic rings. The predicted molar refractivity (Wildman–Crippen MR) is 130 cm³/mol. The van der Waals surface area contributed by atoms with Crippen molar-refractivity contribution in [1.29, 1.82) is 0 Å². The summed E-state index contributed by atoms with van der Waals surface area (Å²) in [6, 6.07) is 0. The smallest absolute Gasteiger partial charge is 0.147 e. The van der Waals surface area contributed by atoms with Gasteiger partial charge in [0.25, 0.3) is 0 Å². The molecule has 0 spiro atoms. The molecule has 2 heterocycles. The second-order valence-corrected chi connectivity index (χ2v) is 7.98. The van der Waals surface area contributed by atoms with Gasteiger partial charge in [-0.2, -0.15) is 0 Å². The Morgan fingerprint density at radius 3 is 1.17 bits per heavy atom. The second kappa shape index (κ2) is 29.7. The largest absolute Gasteiger partial charge is 0.394 e. The molecule has 216 valence electrons. The van der Waals surface area contributed by atoms with Crippen LogP contribution >= 0.6 is 0 Å². The number of methoxy groups -OCH3 is 2. The van der Waals surface area contributed by atoms with Crippen LogP contribution in [-0.2, 0) is 37.9 Å². The van der Waals surface area contributed by atoms with E-state index in [4.69, 9.17) is 48.8 Å². The van der Waals surface area contributed by atoms with E-state index < -0.39 is 12.2 Å². The van der Waals surface area contributed by atoms with Gasteiger partial charge in [0.15, 0.2) is 0 Å². The number of ether oxygens (including phenoxy) is 8. The van der Waals surface area contributed by atoms with Crippen LogP contribution in [0.15, 0.2) is 0 Å². The zero-order valence-corrected chi connectivity index (χ0v) is 22.9. The lowest BCUT2D eigenvalue weighted by molar-refractivity contribution is -0.126. The molecule has 2 rings (SSSR count). The third kappa shape index (κ3) is 51.1. The van der Waals surface area contributed by atoms with Crippen molar-refractivity contribution in [2.45, 2.75) is 78.2 Å². The second-order valence-electron chi connectivity index (χ2n) is 7.98. The van der Waals surface area contributed by atoms with Gasteiger partial charge in [-0.1, -0.05) is 0 Å². The third-order valence-corrected chi connectivity index (χ3v) is 3.34. The first-order valence-corrected chi connectivity index (χ1v) is 11.7. The van der Waals surface area contributed by atoms with E-state index in [1.807, 2.05) is 0 Å². The normalized spacial score (nSPS) is 20.6. The van der Waals surface area contributed by atoms with Crippen molar-refractivity contribution in [3.05, 3.63) is 0 Å². The van der Waals surface area contributed by atoms with Crippen molar-refractivity contribution in [3.63, 3.8) is 0 Å². The molecule has 0 amide bonds. The van der Waals surface area contributed by atoms with E-state index in [9.17, 15) is 0 Å². The standard InChI is InChI=1S/2C7H16O4.C3H8O2.2C3H6O/c1-6(8)3-10-5-11-4-7(2)9;1-6(3-8)10-5-11-7(2)4-9;1-4-3-5-2;2*1-3-2-4-3/h2*6-9H,3-5H2,1-2H3;3H2,1-2H3;2*3H,2H2,1H3. The molecule has 0 bridgehead atoms. The fourth-order valence-electron chi connectivity index (χ4n) is 1.18. The average Bonchev–Trinajstić information content (AvgIpc) is 3.75. The quantitative estimate of drug-likeness (QED) is 0.143. The highest BCUT2D eigenvalue weighted by molar-refractivity contribution is 4.58. The highest BCUT2D eigenvalue weighted by atomic mass is 16.7. The Balaban J connectivity index is -0.000000392. The Hall–Kier alpha value is -0.480. The fraction of sp³-hybridized carbons (Fsp3) is 1.00. The van der Waals surface area contributed by atoms with Crippen LogP contribution in [0.5, 0.6) is 0 Å². The molecule has 0 radical (unpaired) electrons. The van der Waals surface area contributed by atoms with Gasteiger partial charge < -0.3 is 58.3 Å². The summed E-state index contributed by atoms with van der Waals surface area (Å²) in [6.07, 6.45) is -0.183. The number of aliphatic hydroxyl groups excluding tert-OH is 4. The predicted octanol–water partition coefficient (Wildman–Crippen LogP) is 0.524. The molecule has 4 N–H and O–H groups in total. The monoisotopic (exact) mass is 520 g/mol. The molecule has 0 aliphatic carbocycles.